The van der Waals surface area contributed by atoms with E-state index in [-0.39, 0.29) is 0 Å². The molecule has 0 aliphatic carbocycles. The fraction of sp³-hybridized carbons (Fsp3) is 0.125. The molecular weight excluding hydrogens is 256 g/mol. The normalized spacial score (nSPS) is 9.80. The van der Waals surface area contributed by atoms with Crippen molar-refractivity contribution < 1.29 is 0 Å². The summed E-state index contributed by atoms with van der Waals surface area (Å²) in [6.45, 7) is 0. The molecule has 0 saturated carbocycles. The van der Waals surface area contributed by atoms with Crippen LogP contribution in [0.3, 0.4) is 0 Å². The molecule has 0 spiro atoms. The van der Waals surface area contributed by atoms with Crippen molar-refractivity contribution in [2.75, 3.05) is 5.33 Å². The van der Waals surface area contributed by atoms with E-state index in [9.17, 15) is 0 Å². The summed E-state index contributed by atoms with van der Waals surface area (Å²) in [4.78, 5) is 0. The molecule has 0 heterocycles. The molecule has 0 amide bonds. The summed E-state index contributed by atoms with van der Waals surface area (Å²) in [6.07, 6.45) is 2.12. The second-order valence-corrected chi connectivity index (χ2v) is 3.47. The summed E-state index contributed by atoms with van der Waals surface area (Å²) in [5.41, 5.74) is 1.25. The Labute approximate surface area is 77.9 Å². The van der Waals surface area contributed by atoms with Gasteiger partial charge >= 0.3 is 0 Å². The van der Waals surface area contributed by atoms with Gasteiger partial charge in [0.15, 0.2) is 0 Å². The summed E-state index contributed by atoms with van der Waals surface area (Å²) in [7, 11) is 0. The van der Waals surface area contributed by atoms with Crippen LogP contribution in [-0.4, -0.2) is 5.33 Å². The highest BCUT2D eigenvalue weighted by atomic mass is 79.9. The van der Waals surface area contributed by atoms with E-state index in [4.69, 9.17) is 0 Å². The van der Waals surface area contributed by atoms with Crippen LogP contribution in [0.2, 0.25) is 0 Å². The van der Waals surface area contributed by atoms with Crippen molar-refractivity contribution in [3.8, 4) is 0 Å². The maximum Gasteiger partial charge on any atom is 0.0175 e. The molecule has 1 rings (SSSR count). The minimum absolute atomic E-state index is 0.911. The average Bonchev–Trinajstić information content (AvgIpc) is 1.95. The van der Waals surface area contributed by atoms with E-state index in [0.717, 1.165) is 9.80 Å². The summed E-state index contributed by atoms with van der Waals surface area (Å²) in [6, 6.07) is 8.22. The van der Waals surface area contributed by atoms with Gasteiger partial charge in [0.25, 0.3) is 0 Å². The first-order valence-electron chi connectivity index (χ1n) is 2.97. The third kappa shape index (κ3) is 2.43. The molecule has 0 nitrogen and oxygen atoms in total. The maximum absolute atomic E-state index is 3.37. The Hall–Kier alpha value is 0.180. The summed E-state index contributed by atoms with van der Waals surface area (Å²) in [5.74, 6) is 0. The number of benzene rings is 1. The van der Waals surface area contributed by atoms with Gasteiger partial charge in [0.05, 0.1) is 0 Å². The maximum atomic E-state index is 3.37. The molecule has 1 aromatic rings. The minimum Gasteiger partial charge on any atom is -0.0921 e. The predicted molar refractivity (Wildman–Crippen MR) is 51.3 cm³/mol. The van der Waals surface area contributed by atoms with E-state index in [1.165, 1.54) is 5.56 Å². The van der Waals surface area contributed by atoms with Gasteiger partial charge in [-0.1, -0.05) is 44.0 Å². The van der Waals surface area contributed by atoms with Crippen LogP contribution in [-0.2, 0) is 0 Å². The Kier molecular flexibility index (Phi) is 3.43. The summed E-state index contributed by atoms with van der Waals surface area (Å²) >= 11 is 6.71. The highest BCUT2D eigenvalue weighted by Gasteiger charge is 1.89. The van der Waals surface area contributed by atoms with Gasteiger partial charge in [0.2, 0.25) is 0 Å². The molecule has 0 fully saturated rings. The van der Waals surface area contributed by atoms with Crippen molar-refractivity contribution in [2.45, 2.75) is 0 Å². The lowest BCUT2D eigenvalue weighted by Gasteiger charge is -1.95. The summed E-state index contributed by atoms with van der Waals surface area (Å²) < 4.78 is 1.12. The molecule has 0 N–H and O–H groups in total. The van der Waals surface area contributed by atoms with Gasteiger partial charge in [0.1, 0.15) is 0 Å². The first-order chi connectivity index (χ1) is 4.83. The number of halogens is 2. The van der Waals surface area contributed by atoms with Crippen LogP contribution in [0.15, 0.2) is 28.7 Å². The topological polar surface area (TPSA) is 0 Å². The SMILES string of the molecule is BrC[CH]c1ccc(Br)cc1. The molecule has 0 aliphatic rings. The fourth-order valence-corrected chi connectivity index (χ4v) is 1.33. The Morgan fingerprint density at radius 2 is 1.80 bits per heavy atom. The van der Waals surface area contributed by atoms with Gasteiger partial charge in [-0.25, -0.2) is 0 Å². The van der Waals surface area contributed by atoms with Gasteiger partial charge < -0.3 is 0 Å². The Balaban J connectivity index is 2.69. The van der Waals surface area contributed by atoms with E-state index in [0.29, 0.717) is 0 Å². The molecule has 0 bridgehead atoms. The lowest BCUT2D eigenvalue weighted by molar-refractivity contribution is 1.44. The van der Waals surface area contributed by atoms with Crippen LogP contribution in [0.5, 0.6) is 0 Å². The Bertz CT molecular complexity index is 191. The zero-order valence-electron chi connectivity index (χ0n) is 5.35. The zero-order chi connectivity index (χ0) is 7.40. The van der Waals surface area contributed by atoms with E-state index < -0.39 is 0 Å². The first-order valence-corrected chi connectivity index (χ1v) is 4.89. The van der Waals surface area contributed by atoms with Crippen molar-refractivity contribution in [1.29, 1.82) is 0 Å². The van der Waals surface area contributed by atoms with Crippen LogP contribution in [0.1, 0.15) is 5.56 Å². The molecule has 10 heavy (non-hydrogen) atoms. The second-order valence-electron chi connectivity index (χ2n) is 1.91. The van der Waals surface area contributed by atoms with E-state index in [1.54, 1.807) is 0 Å². The van der Waals surface area contributed by atoms with Gasteiger partial charge in [-0.15, -0.1) is 0 Å². The van der Waals surface area contributed by atoms with Gasteiger partial charge in [-0.2, -0.15) is 0 Å². The van der Waals surface area contributed by atoms with Crippen LogP contribution in [0, 0.1) is 6.42 Å². The smallest absolute Gasteiger partial charge is 0.0175 e. The highest BCUT2D eigenvalue weighted by Crippen LogP contribution is 2.11. The van der Waals surface area contributed by atoms with Crippen molar-refractivity contribution in [1.82, 2.24) is 0 Å². The van der Waals surface area contributed by atoms with Crippen molar-refractivity contribution >= 4 is 31.9 Å². The molecule has 53 valence electrons. The Morgan fingerprint density at radius 3 is 2.30 bits per heavy atom. The molecule has 0 atom stereocenters. The molecule has 0 saturated heterocycles. The average molecular weight is 263 g/mol. The van der Waals surface area contributed by atoms with Crippen LogP contribution < -0.4 is 0 Å². The molecule has 1 aromatic carbocycles. The monoisotopic (exact) mass is 261 g/mol. The molecular formula is C8H7Br2. The van der Waals surface area contributed by atoms with E-state index >= 15 is 0 Å². The molecule has 2 heteroatoms. The molecule has 0 aliphatic heterocycles. The predicted octanol–water partition coefficient (Wildman–Crippen LogP) is 3.40. The van der Waals surface area contributed by atoms with Gasteiger partial charge in [0, 0.05) is 16.2 Å². The quantitative estimate of drug-likeness (QED) is 0.717. The third-order valence-corrected chi connectivity index (χ3v) is 2.04. The largest absolute Gasteiger partial charge is 0.0921 e. The molecule has 1 radical (unpaired) electrons. The Morgan fingerprint density at radius 1 is 1.20 bits per heavy atom. The van der Waals surface area contributed by atoms with Gasteiger partial charge in [-0.05, 0) is 17.7 Å². The number of rotatable bonds is 2. The molecule has 0 aromatic heterocycles. The van der Waals surface area contributed by atoms with Crippen molar-refractivity contribution in [3.63, 3.8) is 0 Å². The minimum atomic E-state index is 0.911. The highest BCUT2D eigenvalue weighted by molar-refractivity contribution is 9.10. The number of alkyl halides is 1. The zero-order valence-corrected chi connectivity index (χ0v) is 8.52. The lowest BCUT2D eigenvalue weighted by atomic mass is 10.2. The number of hydrogen-bond donors (Lipinski definition) is 0. The second kappa shape index (κ2) is 4.14. The van der Waals surface area contributed by atoms with E-state index in [1.807, 2.05) is 12.1 Å². The lowest BCUT2D eigenvalue weighted by Crippen LogP contribution is -1.79. The van der Waals surface area contributed by atoms with Crippen molar-refractivity contribution in [3.05, 3.63) is 40.7 Å². The van der Waals surface area contributed by atoms with E-state index in [2.05, 4.69) is 50.4 Å². The van der Waals surface area contributed by atoms with Crippen molar-refractivity contribution in [2.24, 2.45) is 0 Å². The fourth-order valence-electron chi connectivity index (χ4n) is 0.688. The van der Waals surface area contributed by atoms with Crippen LogP contribution in [0.4, 0.5) is 0 Å². The summed E-state index contributed by atoms with van der Waals surface area (Å²) in [5, 5.41) is 0.911. The number of hydrogen-bond acceptors (Lipinski definition) is 0. The molecule has 0 unspecified atom stereocenters. The third-order valence-electron chi connectivity index (χ3n) is 1.18. The standard InChI is InChI=1S/C8H7Br2/c9-6-5-7-1-3-8(10)4-2-7/h1-5H,6H2. The first kappa shape index (κ1) is 8.28. The van der Waals surface area contributed by atoms with Crippen LogP contribution in [0.25, 0.3) is 0 Å². The van der Waals surface area contributed by atoms with Crippen LogP contribution >= 0.6 is 31.9 Å². The van der Waals surface area contributed by atoms with Gasteiger partial charge in [-0.3, -0.25) is 0 Å².